The van der Waals surface area contributed by atoms with Crippen LogP contribution in [0.2, 0.25) is 0 Å². The standard InChI is InChI=1S/C7H15NO2/c1-5-2-6(9)3-7(4-8)10-5/h5-7,9H,2-4,8H2,1H3/t5-,6-,7-/m1/s1. The van der Waals surface area contributed by atoms with Crippen LogP contribution in [0.15, 0.2) is 0 Å². The van der Waals surface area contributed by atoms with E-state index >= 15 is 0 Å². The van der Waals surface area contributed by atoms with E-state index in [1.165, 1.54) is 0 Å². The Labute approximate surface area is 61.2 Å². The summed E-state index contributed by atoms with van der Waals surface area (Å²) < 4.78 is 5.42. The van der Waals surface area contributed by atoms with Crippen molar-refractivity contribution in [2.45, 2.75) is 38.1 Å². The third-order valence-electron chi connectivity index (χ3n) is 1.83. The molecule has 1 aliphatic rings. The van der Waals surface area contributed by atoms with E-state index in [0.29, 0.717) is 13.0 Å². The van der Waals surface area contributed by atoms with Gasteiger partial charge in [0.1, 0.15) is 0 Å². The Kier molecular flexibility index (Phi) is 2.65. The van der Waals surface area contributed by atoms with E-state index in [1.807, 2.05) is 6.92 Å². The first-order valence-corrected chi connectivity index (χ1v) is 3.76. The summed E-state index contributed by atoms with van der Waals surface area (Å²) in [6, 6.07) is 0. The largest absolute Gasteiger partial charge is 0.393 e. The molecule has 0 radical (unpaired) electrons. The van der Waals surface area contributed by atoms with E-state index in [-0.39, 0.29) is 18.3 Å². The molecular weight excluding hydrogens is 130 g/mol. The smallest absolute Gasteiger partial charge is 0.0725 e. The van der Waals surface area contributed by atoms with Crippen LogP contribution in [0.25, 0.3) is 0 Å². The molecule has 0 aliphatic carbocycles. The maximum atomic E-state index is 9.25. The number of nitrogens with two attached hydrogens (primary N) is 1. The van der Waals surface area contributed by atoms with E-state index in [2.05, 4.69) is 0 Å². The molecule has 1 heterocycles. The Morgan fingerprint density at radius 2 is 2.30 bits per heavy atom. The average Bonchev–Trinajstić information content (AvgIpc) is 1.85. The maximum Gasteiger partial charge on any atom is 0.0725 e. The van der Waals surface area contributed by atoms with Gasteiger partial charge in [0.05, 0.1) is 18.3 Å². The minimum atomic E-state index is -0.211. The van der Waals surface area contributed by atoms with Crippen LogP contribution in [-0.2, 0) is 4.74 Å². The van der Waals surface area contributed by atoms with Crippen LogP contribution in [0.3, 0.4) is 0 Å². The lowest BCUT2D eigenvalue weighted by atomic mass is 10.0. The molecule has 1 rings (SSSR count). The third kappa shape index (κ3) is 1.94. The van der Waals surface area contributed by atoms with Gasteiger partial charge in [0.25, 0.3) is 0 Å². The fraction of sp³-hybridized carbons (Fsp3) is 1.00. The molecule has 0 aromatic heterocycles. The van der Waals surface area contributed by atoms with E-state index in [1.54, 1.807) is 0 Å². The predicted molar refractivity (Wildman–Crippen MR) is 38.6 cm³/mol. The summed E-state index contributed by atoms with van der Waals surface area (Å²) in [5.41, 5.74) is 5.39. The quantitative estimate of drug-likeness (QED) is 0.540. The minimum absolute atomic E-state index is 0.0683. The number of aliphatic hydroxyl groups excluding tert-OH is 1. The molecule has 0 spiro atoms. The number of rotatable bonds is 1. The van der Waals surface area contributed by atoms with Crippen molar-refractivity contribution in [2.75, 3.05) is 6.54 Å². The van der Waals surface area contributed by atoms with Gasteiger partial charge in [-0.3, -0.25) is 0 Å². The Morgan fingerprint density at radius 3 is 2.80 bits per heavy atom. The summed E-state index contributed by atoms with van der Waals surface area (Å²) in [6.07, 6.45) is 1.46. The molecule has 3 atom stereocenters. The fourth-order valence-corrected chi connectivity index (χ4v) is 1.37. The second-order valence-electron chi connectivity index (χ2n) is 2.93. The Bertz CT molecular complexity index is 97.8. The zero-order valence-electron chi connectivity index (χ0n) is 6.29. The van der Waals surface area contributed by atoms with Crippen LogP contribution < -0.4 is 5.73 Å². The number of hydrogen-bond donors (Lipinski definition) is 2. The van der Waals surface area contributed by atoms with E-state index in [9.17, 15) is 5.11 Å². The molecule has 10 heavy (non-hydrogen) atoms. The van der Waals surface area contributed by atoms with Crippen molar-refractivity contribution in [1.82, 2.24) is 0 Å². The average molecular weight is 145 g/mol. The highest BCUT2D eigenvalue weighted by molar-refractivity contribution is 4.74. The molecule has 0 amide bonds. The Balaban J connectivity index is 2.35. The van der Waals surface area contributed by atoms with Gasteiger partial charge in [-0.15, -0.1) is 0 Å². The lowest BCUT2D eigenvalue weighted by molar-refractivity contribution is -0.0829. The normalized spacial score (nSPS) is 41.7. The lowest BCUT2D eigenvalue weighted by Gasteiger charge is -2.30. The molecule has 1 saturated heterocycles. The molecule has 0 saturated carbocycles. The van der Waals surface area contributed by atoms with Gasteiger partial charge in [-0.05, 0) is 13.3 Å². The van der Waals surface area contributed by atoms with Crippen LogP contribution in [0.1, 0.15) is 19.8 Å². The van der Waals surface area contributed by atoms with Crippen LogP contribution in [0.4, 0.5) is 0 Å². The number of aliphatic hydroxyl groups is 1. The molecule has 3 heteroatoms. The highest BCUT2D eigenvalue weighted by Gasteiger charge is 2.24. The van der Waals surface area contributed by atoms with Gasteiger partial charge in [0.2, 0.25) is 0 Å². The van der Waals surface area contributed by atoms with Crippen LogP contribution in [0.5, 0.6) is 0 Å². The van der Waals surface area contributed by atoms with E-state index in [0.717, 1.165) is 6.42 Å². The molecule has 1 fully saturated rings. The highest BCUT2D eigenvalue weighted by atomic mass is 16.5. The molecular formula is C7H15NO2. The van der Waals surface area contributed by atoms with Crippen LogP contribution >= 0.6 is 0 Å². The number of hydrogen-bond acceptors (Lipinski definition) is 3. The zero-order chi connectivity index (χ0) is 7.56. The Hall–Kier alpha value is -0.120. The van der Waals surface area contributed by atoms with Gasteiger partial charge in [0.15, 0.2) is 0 Å². The second-order valence-corrected chi connectivity index (χ2v) is 2.93. The summed E-state index contributed by atoms with van der Waals surface area (Å²) in [5.74, 6) is 0. The first-order valence-electron chi connectivity index (χ1n) is 3.76. The molecule has 0 bridgehead atoms. The summed E-state index contributed by atoms with van der Waals surface area (Å²) in [6.45, 7) is 2.48. The van der Waals surface area contributed by atoms with Gasteiger partial charge < -0.3 is 15.6 Å². The van der Waals surface area contributed by atoms with Gasteiger partial charge in [-0.25, -0.2) is 0 Å². The SMILES string of the molecule is C[C@@H]1C[C@@H](O)C[C@H](CN)O1. The van der Waals surface area contributed by atoms with Gasteiger partial charge in [-0.1, -0.05) is 0 Å². The van der Waals surface area contributed by atoms with Crippen molar-refractivity contribution in [3.63, 3.8) is 0 Å². The minimum Gasteiger partial charge on any atom is -0.393 e. The van der Waals surface area contributed by atoms with E-state index in [4.69, 9.17) is 10.5 Å². The monoisotopic (exact) mass is 145 g/mol. The fourth-order valence-electron chi connectivity index (χ4n) is 1.37. The van der Waals surface area contributed by atoms with Crippen molar-refractivity contribution < 1.29 is 9.84 Å². The summed E-state index contributed by atoms with van der Waals surface area (Å²) in [5, 5.41) is 9.25. The molecule has 0 unspecified atom stereocenters. The summed E-state index contributed by atoms with van der Waals surface area (Å²) >= 11 is 0. The highest BCUT2D eigenvalue weighted by Crippen LogP contribution is 2.17. The topological polar surface area (TPSA) is 55.5 Å². The predicted octanol–water partition coefficient (Wildman–Crippen LogP) is -0.126. The van der Waals surface area contributed by atoms with Crippen molar-refractivity contribution in [1.29, 1.82) is 0 Å². The van der Waals surface area contributed by atoms with Crippen molar-refractivity contribution >= 4 is 0 Å². The molecule has 60 valence electrons. The van der Waals surface area contributed by atoms with Gasteiger partial charge in [0, 0.05) is 13.0 Å². The first kappa shape index (κ1) is 7.98. The Morgan fingerprint density at radius 1 is 1.60 bits per heavy atom. The first-order chi connectivity index (χ1) is 4.72. The van der Waals surface area contributed by atoms with Crippen molar-refractivity contribution in [2.24, 2.45) is 5.73 Å². The van der Waals surface area contributed by atoms with Crippen LogP contribution in [0, 0.1) is 0 Å². The molecule has 3 nitrogen and oxygen atoms in total. The third-order valence-corrected chi connectivity index (χ3v) is 1.83. The van der Waals surface area contributed by atoms with Crippen molar-refractivity contribution in [3.8, 4) is 0 Å². The van der Waals surface area contributed by atoms with Crippen molar-refractivity contribution in [3.05, 3.63) is 0 Å². The van der Waals surface area contributed by atoms with Gasteiger partial charge >= 0.3 is 0 Å². The lowest BCUT2D eigenvalue weighted by Crippen LogP contribution is -2.38. The summed E-state index contributed by atoms with van der Waals surface area (Å²) in [4.78, 5) is 0. The molecule has 0 aromatic carbocycles. The maximum absolute atomic E-state index is 9.25. The van der Waals surface area contributed by atoms with E-state index < -0.39 is 0 Å². The van der Waals surface area contributed by atoms with Gasteiger partial charge in [-0.2, -0.15) is 0 Å². The number of ether oxygens (including phenoxy) is 1. The molecule has 3 N–H and O–H groups in total. The second kappa shape index (κ2) is 3.32. The zero-order valence-corrected chi connectivity index (χ0v) is 6.29. The molecule has 0 aromatic rings. The van der Waals surface area contributed by atoms with Crippen LogP contribution in [-0.4, -0.2) is 30.0 Å². The molecule has 1 aliphatic heterocycles. The summed E-state index contributed by atoms with van der Waals surface area (Å²) in [7, 11) is 0.